The molecule has 2 atom stereocenters. The molecule has 1 amide bonds. The van der Waals surface area contributed by atoms with E-state index >= 15 is 0 Å². The van der Waals surface area contributed by atoms with Crippen LogP contribution in [0.25, 0.3) is 0 Å². The summed E-state index contributed by atoms with van der Waals surface area (Å²) < 4.78 is 18.1. The molecule has 1 aromatic carbocycles. The first-order valence-electron chi connectivity index (χ1n) is 6.33. The molecule has 0 heterocycles. The number of ether oxygens (including phenoxy) is 1. The Balaban J connectivity index is 2.23. The molecular formula is C14H20FNO3. The third-order valence-electron chi connectivity index (χ3n) is 2.50. The van der Waals surface area contributed by atoms with Crippen LogP contribution in [0.2, 0.25) is 0 Å². The van der Waals surface area contributed by atoms with Crippen molar-refractivity contribution in [1.82, 2.24) is 5.32 Å². The lowest BCUT2D eigenvalue weighted by Gasteiger charge is -2.15. The number of benzene rings is 1. The van der Waals surface area contributed by atoms with Crippen molar-refractivity contribution in [2.24, 2.45) is 0 Å². The summed E-state index contributed by atoms with van der Waals surface area (Å²) in [6, 6.07) is 5.71. The predicted molar refractivity (Wildman–Crippen MR) is 70.4 cm³/mol. The van der Waals surface area contributed by atoms with E-state index in [2.05, 4.69) is 5.32 Å². The highest BCUT2D eigenvalue weighted by molar-refractivity contribution is 5.76. The largest absolute Gasteiger partial charge is 0.493 e. The van der Waals surface area contributed by atoms with Gasteiger partial charge in [-0.1, -0.05) is 6.07 Å². The Morgan fingerprint density at radius 3 is 2.84 bits per heavy atom. The van der Waals surface area contributed by atoms with Crippen LogP contribution in [-0.4, -0.2) is 29.8 Å². The minimum Gasteiger partial charge on any atom is -0.493 e. The third kappa shape index (κ3) is 6.76. The fraction of sp³-hybridized carbons (Fsp3) is 0.500. The van der Waals surface area contributed by atoms with Gasteiger partial charge in [0.15, 0.2) is 0 Å². The number of aliphatic hydroxyl groups is 1. The van der Waals surface area contributed by atoms with Gasteiger partial charge in [-0.2, -0.15) is 0 Å². The van der Waals surface area contributed by atoms with Crippen LogP contribution in [0.3, 0.4) is 0 Å². The molecule has 0 radical (unpaired) electrons. The summed E-state index contributed by atoms with van der Waals surface area (Å²) in [6.45, 7) is 3.70. The molecule has 0 aromatic heterocycles. The molecule has 0 aliphatic heterocycles. The van der Waals surface area contributed by atoms with Gasteiger partial charge in [0, 0.05) is 12.1 Å². The maximum absolute atomic E-state index is 12.9. The summed E-state index contributed by atoms with van der Waals surface area (Å²) in [5.74, 6) is -0.109. The number of nitrogens with one attached hydrogen (secondary N) is 1. The summed E-state index contributed by atoms with van der Waals surface area (Å²) in [4.78, 5) is 11.5. The van der Waals surface area contributed by atoms with Gasteiger partial charge >= 0.3 is 0 Å². The topological polar surface area (TPSA) is 58.6 Å². The van der Waals surface area contributed by atoms with Gasteiger partial charge in [0.05, 0.1) is 19.1 Å². The highest BCUT2D eigenvalue weighted by Gasteiger charge is 2.09. The molecular weight excluding hydrogens is 249 g/mol. The van der Waals surface area contributed by atoms with Crippen molar-refractivity contribution >= 4 is 5.91 Å². The normalized spacial score (nSPS) is 13.7. The molecule has 0 spiro atoms. The number of aliphatic hydroxyl groups excluding tert-OH is 1. The molecule has 0 fully saturated rings. The molecule has 2 N–H and O–H groups in total. The molecule has 106 valence electrons. The van der Waals surface area contributed by atoms with E-state index in [0.717, 1.165) is 0 Å². The van der Waals surface area contributed by atoms with Crippen LogP contribution in [0.1, 0.15) is 26.7 Å². The van der Waals surface area contributed by atoms with E-state index in [0.29, 0.717) is 12.2 Å². The number of carbonyl (C=O) groups excluding carboxylic acids is 1. The summed E-state index contributed by atoms with van der Waals surface area (Å²) in [6.07, 6.45) is 0.260. The van der Waals surface area contributed by atoms with Crippen LogP contribution >= 0.6 is 0 Å². The lowest BCUT2D eigenvalue weighted by molar-refractivity contribution is -0.122. The number of hydrogen-bond acceptors (Lipinski definition) is 3. The monoisotopic (exact) mass is 269 g/mol. The average molecular weight is 269 g/mol. The standard InChI is InChI=1S/C14H20FNO3/c1-10(8-11(2)17)16-14(18)6-7-19-13-5-3-4-12(15)9-13/h3-5,9-11,17H,6-8H2,1-2H3,(H,16,18). The van der Waals surface area contributed by atoms with Crippen molar-refractivity contribution in [3.8, 4) is 5.75 Å². The minimum absolute atomic E-state index is 0.0818. The Morgan fingerprint density at radius 2 is 2.21 bits per heavy atom. The molecule has 0 bridgehead atoms. The van der Waals surface area contributed by atoms with Crippen molar-refractivity contribution in [2.45, 2.75) is 38.8 Å². The molecule has 4 nitrogen and oxygen atoms in total. The third-order valence-corrected chi connectivity index (χ3v) is 2.50. The van der Waals surface area contributed by atoms with Crippen LogP contribution in [0, 0.1) is 5.82 Å². The summed E-state index contributed by atoms with van der Waals surface area (Å²) in [5, 5.41) is 11.9. The smallest absolute Gasteiger partial charge is 0.223 e. The quantitative estimate of drug-likeness (QED) is 0.794. The Hall–Kier alpha value is -1.62. The highest BCUT2D eigenvalue weighted by Crippen LogP contribution is 2.11. The molecule has 19 heavy (non-hydrogen) atoms. The Kier molecular flexibility index (Phi) is 6.29. The maximum Gasteiger partial charge on any atom is 0.223 e. The summed E-state index contributed by atoms with van der Waals surface area (Å²) >= 11 is 0. The number of amides is 1. The molecule has 0 aliphatic rings. The van der Waals surface area contributed by atoms with Crippen molar-refractivity contribution in [3.05, 3.63) is 30.1 Å². The average Bonchev–Trinajstić information content (AvgIpc) is 2.27. The second-order valence-corrected chi connectivity index (χ2v) is 4.61. The molecule has 0 saturated heterocycles. The zero-order valence-corrected chi connectivity index (χ0v) is 11.2. The van der Waals surface area contributed by atoms with Gasteiger partial charge in [0.1, 0.15) is 11.6 Å². The van der Waals surface area contributed by atoms with E-state index in [4.69, 9.17) is 4.74 Å². The molecule has 2 unspecified atom stereocenters. The Bertz CT molecular complexity index is 409. The second kappa shape index (κ2) is 7.74. The zero-order chi connectivity index (χ0) is 14.3. The van der Waals surface area contributed by atoms with Crippen molar-refractivity contribution in [3.63, 3.8) is 0 Å². The first-order chi connectivity index (χ1) is 8.97. The Labute approximate surface area is 112 Å². The molecule has 5 heteroatoms. The van der Waals surface area contributed by atoms with Crippen LogP contribution in [0.5, 0.6) is 5.75 Å². The van der Waals surface area contributed by atoms with Crippen LogP contribution < -0.4 is 10.1 Å². The van der Waals surface area contributed by atoms with E-state index in [1.807, 2.05) is 6.92 Å². The zero-order valence-electron chi connectivity index (χ0n) is 11.2. The molecule has 0 aliphatic carbocycles. The van der Waals surface area contributed by atoms with Gasteiger partial charge in [0.25, 0.3) is 0 Å². The molecule has 1 aromatic rings. The fourth-order valence-corrected chi connectivity index (χ4v) is 1.74. The van der Waals surface area contributed by atoms with Crippen LogP contribution in [0.15, 0.2) is 24.3 Å². The van der Waals surface area contributed by atoms with Gasteiger partial charge < -0.3 is 15.2 Å². The maximum atomic E-state index is 12.9. The van der Waals surface area contributed by atoms with E-state index in [1.165, 1.54) is 12.1 Å². The number of carbonyl (C=O) groups is 1. The van der Waals surface area contributed by atoms with E-state index < -0.39 is 6.10 Å². The SMILES string of the molecule is CC(O)CC(C)NC(=O)CCOc1cccc(F)c1. The van der Waals surface area contributed by atoms with E-state index in [1.54, 1.807) is 19.1 Å². The number of halogens is 1. The Morgan fingerprint density at radius 1 is 1.47 bits per heavy atom. The second-order valence-electron chi connectivity index (χ2n) is 4.61. The molecule has 0 saturated carbocycles. The van der Waals surface area contributed by atoms with Crippen LogP contribution in [-0.2, 0) is 4.79 Å². The van der Waals surface area contributed by atoms with Crippen molar-refractivity contribution < 1.29 is 19.0 Å². The summed E-state index contributed by atoms with van der Waals surface area (Å²) in [7, 11) is 0. The van der Waals surface area contributed by atoms with Crippen molar-refractivity contribution in [1.29, 1.82) is 0 Å². The highest BCUT2D eigenvalue weighted by atomic mass is 19.1. The van der Waals surface area contributed by atoms with Gasteiger partial charge in [-0.15, -0.1) is 0 Å². The molecule has 1 rings (SSSR count). The first kappa shape index (κ1) is 15.4. The van der Waals surface area contributed by atoms with Gasteiger partial charge in [0.2, 0.25) is 5.91 Å². The van der Waals surface area contributed by atoms with E-state index in [-0.39, 0.29) is 30.8 Å². The van der Waals surface area contributed by atoms with Crippen LogP contribution in [0.4, 0.5) is 4.39 Å². The number of hydrogen-bond donors (Lipinski definition) is 2. The fourth-order valence-electron chi connectivity index (χ4n) is 1.74. The van der Waals surface area contributed by atoms with Crippen molar-refractivity contribution in [2.75, 3.05) is 6.61 Å². The van der Waals surface area contributed by atoms with Gasteiger partial charge in [-0.05, 0) is 32.4 Å². The minimum atomic E-state index is -0.446. The number of rotatable bonds is 7. The predicted octanol–water partition coefficient (Wildman–Crippen LogP) is 1.87. The first-order valence-corrected chi connectivity index (χ1v) is 6.33. The van der Waals surface area contributed by atoms with Gasteiger partial charge in [-0.3, -0.25) is 4.79 Å². The van der Waals surface area contributed by atoms with E-state index in [9.17, 15) is 14.3 Å². The summed E-state index contributed by atoms with van der Waals surface area (Å²) in [5.41, 5.74) is 0. The lowest BCUT2D eigenvalue weighted by Crippen LogP contribution is -2.35. The van der Waals surface area contributed by atoms with Gasteiger partial charge in [-0.25, -0.2) is 4.39 Å². The lowest BCUT2D eigenvalue weighted by atomic mass is 10.1.